The van der Waals surface area contributed by atoms with Crippen molar-refractivity contribution in [3.8, 4) is 0 Å². The first kappa shape index (κ1) is 16.4. The van der Waals surface area contributed by atoms with Crippen LogP contribution in [0.15, 0.2) is 33.6 Å². The standard InChI is InChI=1S/C15H21BrN2O3S/c16-14-1-3-15(4-2-14)22(19,20)18-8-6-17(7-9-18)11-13-5-10-21-12-13/h1-4,13H,5-12H2. The van der Waals surface area contributed by atoms with Gasteiger partial charge >= 0.3 is 0 Å². The van der Waals surface area contributed by atoms with Gasteiger partial charge < -0.3 is 9.64 Å². The molecule has 122 valence electrons. The summed E-state index contributed by atoms with van der Waals surface area (Å²) in [6.07, 6.45) is 1.12. The molecule has 0 aromatic heterocycles. The van der Waals surface area contributed by atoms with E-state index in [2.05, 4.69) is 20.8 Å². The van der Waals surface area contributed by atoms with E-state index in [0.29, 0.717) is 23.9 Å². The summed E-state index contributed by atoms with van der Waals surface area (Å²) in [5, 5.41) is 0. The number of piperazine rings is 1. The molecule has 0 amide bonds. The van der Waals surface area contributed by atoms with Gasteiger partial charge in [-0.3, -0.25) is 0 Å². The number of hydrogen-bond donors (Lipinski definition) is 0. The topological polar surface area (TPSA) is 49.9 Å². The van der Waals surface area contributed by atoms with Gasteiger partial charge in [0.05, 0.1) is 11.5 Å². The first-order chi connectivity index (χ1) is 10.6. The normalized spacial score (nSPS) is 24.7. The minimum atomic E-state index is -3.37. The molecule has 2 aliphatic rings. The Hall–Kier alpha value is -0.470. The summed E-state index contributed by atoms with van der Waals surface area (Å²) in [5.74, 6) is 0.606. The lowest BCUT2D eigenvalue weighted by Gasteiger charge is -2.35. The van der Waals surface area contributed by atoms with Crippen molar-refractivity contribution in [1.82, 2.24) is 9.21 Å². The van der Waals surface area contributed by atoms with Crippen molar-refractivity contribution < 1.29 is 13.2 Å². The van der Waals surface area contributed by atoms with Gasteiger partial charge in [0.15, 0.2) is 0 Å². The second kappa shape index (κ2) is 6.97. The number of hydrogen-bond acceptors (Lipinski definition) is 4. The Labute approximate surface area is 140 Å². The Bertz CT molecular complexity index is 592. The van der Waals surface area contributed by atoms with Crippen molar-refractivity contribution in [3.63, 3.8) is 0 Å². The van der Waals surface area contributed by atoms with Crippen LogP contribution in [0.25, 0.3) is 0 Å². The summed E-state index contributed by atoms with van der Waals surface area (Å²) in [5.41, 5.74) is 0. The quantitative estimate of drug-likeness (QED) is 0.788. The highest BCUT2D eigenvalue weighted by molar-refractivity contribution is 9.10. The van der Waals surface area contributed by atoms with Crippen LogP contribution in [0.4, 0.5) is 0 Å². The molecule has 5 nitrogen and oxygen atoms in total. The van der Waals surface area contributed by atoms with Gasteiger partial charge in [-0.1, -0.05) is 15.9 Å². The molecule has 2 saturated heterocycles. The first-order valence-electron chi connectivity index (χ1n) is 7.61. The zero-order valence-corrected chi connectivity index (χ0v) is 14.9. The molecule has 0 saturated carbocycles. The molecule has 0 N–H and O–H groups in total. The fraction of sp³-hybridized carbons (Fsp3) is 0.600. The molecular weight excluding hydrogens is 368 g/mol. The van der Waals surface area contributed by atoms with Crippen molar-refractivity contribution in [3.05, 3.63) is 28.7 Å². The Morgan fingerprint density at radius 3 is 2.41 bits per heavy atom. The molecule has 2 fully saturated rings. The van der Waals surface area contributed by atoms with Gasteiger partial charge in [-0.15, -0.1) is 0 Å². The van der Waals surface area contributed by atoms with E-state index in [4.69, 9.17) is 4.74 Å². The van der Waals surface area contributed by atoms with E-state index in [1.165, 1.54) is 0 Å². The smallest absolute Gasteiger partial charge is 0.243 e. The fourth-order valence-corrected chi connectivity index (χ4v) is 4.69. The number of nitrogens with zero attached hydrogens (tertiary/aromatic N) is 2. The van der Waals surface area contributed by atoms with Crippen LogP contribution >= 0.6 is 15.9 Å². The van der Waals surface area contributed by atoms with Crippen molar-refractivity contribution in [2.24, 2.45) is 5.92 Å². The van der Waals surface area contributed by atoms with Crippen molar-refractivity contribution in [2.75, 3.05) is 45.9 Å². The lowest BCUT2D eigenvalue weighted by Crippen LogP contribution is -2.49. The lowest BCUT2D eigenvalue weighted by atomic mass is 10.1. The molecule has 1 atom stereocenters. The van der Waals surface area contributed by atoms with Crippen molar-refractivity contribution >= 4 is 26.0 Å². The minimum absolute atomic E-state index is 0.369. The van der Waals surface area contributed by atoms with Gasteiger partial charge in [-0.05, 0) is 36.6 Å². The number of halogens is 1. The van der Waals surface area contributed by atoms with Gasteiger partial charge in [0.2, 0.25) is 10.0 Å². The fourth-order valence-electron chi connectivity index (χ4n) is 3.00. The van der Waals surface area contributed by atoms with Crippen LogP contribution < -0.4 is 0 Å². The molecule has 3 rings (SSSR count). The largest absolute Gasteiger partial charge is 0.381 e. The van der Waals surface area contributed by atoms with Crippen LogP contribution in [0.3, 0.4) is 0 Å². The van der Waals surface area contributed by atoms with Gasteiger partial charge in [-0.2, -0.15) is 4.31 Å². The Kier molecular flexibility index (Phi) is 5.19. The third kappa shape index (κ3) is 3.71. The zero-order valence-electron chi connectivity index (χ0n) is 12.4. The number of sulfonamides is 1. The number of benzene rings is 1. The maximum absolute atomic E-state index is 12.6. The second-order valence-corrected chi connectivity index (χ2v) is 8.74. The second-order valence-electron chi connectivity index (χ2n) is 5.89. The number of rotatable bonds is 4. The summed E-state index contributed by atoms with van der Waals surface area (Å²) >= 11 is 3.33. The van der Waals surface area contributed by atoms with Gasteiger partial charge in [0.25, 0.3) is 0 Å². The lowest BCUT2D eigenvalue weighted by molar-refractivity contribution is 0.143. The summed E-state index contributed by atoms with van der Waals surface area (Å²) < 4.78 is 33.1. The molecule has 22 heavy (non-hydrogen) atoms. The average Bonchev–Trinajstić information content (AvgIpc) is 3.01. The predicted octanol–water partition coefficient (Wildman–Crippen LogP) is 1.79. The molecular formula is C15H21BrN2O3S. The van der Waals surface area contributed by atoms with Gasteiger partial charge in [0.1, 0.15) is 0 Å². The highest BCUT2D eigenvalue weighted by atomic mass is 79.9. The molecule has 0 spiro atoms. The Morgan fingerprint density at radius 1 is 1.14 bits per heavy atom. The van der Waals surface area contributed by atoms with E-state index in [1.54, 1.807) is 28.6 Å². The van der Waals surface area contributed by atoms with Crippen LogP contribution in [-0.4, -0.2) is 63.6 Å². The Balaban J connectivity index is 1.59. The van der Waals surface area contributed by atoms with Gasteiger partial charge in [-0.25, -0.2) is 8.42 Å². The third-order valence-corrected chi connectivity index (χ3v) is 6.76. The van der Waals surface area contributed by atoms with E-state index in [1.807, 2.05) is 0 Å². The molecule has 0 aliphatic carbocycles. The molecule has 0 bridgehead atoms. The third-order valence-electron chi connectivity index (χ3n) is 4.32. The molecule has 1 aromatic rings. The van der Waals surface area contributed by atoms with Crippen LogP contribution in [0, 0.1) is 5.92 Å². The maximum atomic E-state index is 12.6. The molecule has 1 aromatic carbocycles. The predicted molar refractivity (Wildman–Crippen MR) is 88.3 cm³/mol. The average molecular weight is 389 g/mol. The summed E-state index contributed by atoms with van der Waals surface area (Å²) in [6.45, 7) is 5.45. The molecule has 2 heterocycles. The molecule has 0 radical (unpaired) electrons. The number of ether oxygens (including phenoxy) is 1. The van der Waals surface area contributed by atoms with E-state index in [-0.39, 0.29) is 0 Å². The minimum Gasteiger partial charge on any atom is -0.381 e. The van der Waals surface area contributed by atoms with Crippen LogP contribution in [0.5, 0.6) is 0 Å². The molecule has 1 unspecified atom stereocenters. The van der Waals surface area contributed by atoms with Crippen LogP contribution in [0.1, 0.15) is 6.42 Å². The highest BCUT2D eigenvalue weighted by Gasteiger charge is 2.29. The van der Waals surface area contributed by atoms with E-state index in [0.717, 1.165) is 43.7 Å². The monoisotopic (exact) mass is 388 g/mol. The first-order valence-corrected chi connectivity index (χ1v) is 9.85. The highest BCUT2D eigenvalue weighted by Crippen LogP contribution is 2.21. The van der Waals surface area contributed by atoms with Crippen LogP contribution in [0.2, 0.25) is 0 Å². The van der Waals surface area contributed by atoms with E-state index < -0.39 is 10.0 Å². The summed E-state index contributed by atoms with van der Waals surface area (Å²) in [4.78, 5) is 2.72. The molecule has 2 aliphatic heterocycles. The van der Waals surface area contributed by atoms with E-state index >= 15 is 0 Å². The van der Waals surface area contributed by atoms with Gasteiger partial charge in [0, 0.05) is 43.8 Å². The summed E-state index contributed by atoms with van der Waals surface area (Å²) in [7, 11) is -3.37. The summed E-state index contributed by atoms with van der Waals surface area (Å²) in [6, 6.07) is 6.84. The van der Waals surface area contributed by atoms with Crippen LogP contribution in [-0.2, 0) is 14.8 Å². The van der Waals surface area contributed by atoms with Crippen molar-refractivity contribution in [1.29, 1.82) is 0 Å². The maximum Gasteiger partial charge on any atom is 0.243 e. The zero-order chi connectivity index (χ0) is 15.6. The Morgan fingerprint density at radius 2 is 1.82 bits per heavy atom. The van der Waals surface area contributed by atoms with E-state index in [9.17, 15) is 8.42 Å². The SMILES string of the molecule is O=S(=O)(c1ccc(Br)cc1)N1CCN(CC2CCOC2)CC1. The molecule has 7 heteroatoms. The van der Waals surface area contributed by atoms with Crippen molar-refractivity contribution in [2.45, 2.75) is 11.3 Å².